The van der Waals surface area contributed by atoms with Crippen molar-refractivity contribution >= 4 is 39.4 Å². The van der Waals surface area contributed by atoms with Gasteiger partial charge in [0.1, 0.15) is 21.9 Å². The number of ketones is 1. The third-order valence-electron chi connectivity index (χ3n) is 9.95. The van der Waals surface area contributed by atoms with Crippen molar-refractivity contribution in [1.82, 2.24) is 26.2 Å². The minimum Gasteiger partial charge on any atom is -0.349 e. The maximum atomic E-state index is 14.5. The molecule has 12 nitrogen and oxygen atoms in total. The van der Waals surface area contributed by atoms with Crippen molar-refractivity contribution in [2.45, 2.75) is 130 Å². The molecular formula is C36H59N5O7S. The highest BCUT2D eigenvalue weighted by Gasteiger charge is 2.50. The maximum Gasteiger partial charge on any atom is 0.315 e. The van der Waals surface area contributed by atoms with Gasteiger partial charge in [0.25, 0.3) is 5.91 Å². The molecule has 4 N–H and O–H groups in total. The predicted molar refractivity (Wildman–Crippen MR) is 191 cm³/mol. The Hall–Kier alpha value is -3.40. The zero-order valence-corrected chi connectivity index (χ0v) is 31.6. The number of Topliss-reactive ketones (excluding diaryl/α,β-unsaturated/α-hetero) is 1. The summed E-state index contributed by atoms with van der Waals surface area (Å²) in [5, 5.41) is 11.1. The first-order valence-electron chi connectivity index (χ1n) is 17.5. The number of amides is 5. The van der Waals surface area contributed by atoms with Gasteiger partial charge in [0.2, 0.25) is 17.6 Å². The first kappa shape index (κ1) is 41.8. The molecule has 2 fully saturated rings. The Labute approximate surface area is 293 Å². The minimum absolute atomic E-state index is 0.127. The third-order valence-corrected chi connectivity index (χ3v) is 11.0. The molecule has 5 amide bonds. The number of sulfone groups is 1. The lowest BCUT2D eigenvalue weighted by Crippen LogP contribution is -2.63. The average molecular weight is 706 g/mol. The lowest BCUT2D eigenvalue weighted by Gasteiger charge is -2.40. The van der Waals surface area contributed by atoms with Crippen LogP contribution >= 0.6 is 0 Å². The summed E-state index contributed by atoms with van der Waals surface area (Å²) in [5.41, 5.74) is -1.93. The summed E-state index contributed by atoms with van der Waals surface area (Å²) in [6.07, 6.45) is 11.9. The zero-order valence-electron chi connectivity index (χ0n) is 30.8. The van der Waals surface area contributed by atoms with Crippen LogP contribution in [0.1, 0.15) is 106 Å². The molecule has 0 aromatic carbocycles. The van der Waals surface area contributed by atoms with Crippen LogP contribution in [-0.4, -0.2) is 91.6 Å². The number of hydrogen-bond donors (Lipinski definition) is 4. The van der Waals surface area contributed by atoms with Crippen LogP contribution in [-0.2, 0) is 29.0 Å². The Kier molecular flexibility index (Phi) is 14.5. The molecule has 1 saturated heterocycles. The van der Waals surface area contributed by atoms with Crippen molar-refractivity contribution in [3.05, 3.63) is 12.2 Å². The molecule has 2 aliphatic rings. The van der Waals surface area contributed by atoms with Gasteiger partial charge in [-0.1, -0.05) is 86.6 Å². The third kappa shape index (κ3) is 11.3. The standard InChI is InChI=1S/C36H59N5O7S/c1-11-17-26(28(42)31(44)37-20-12-2)38-30(43)27-21-25(35(8,9)24(4)13-3)22-41(27)32(45)29(34(5,6)7)39-33(46)40-36(23-49(10,47)48)18-15-14-16-19-36/h3,25-27,29H,4,11-12,14-23H2,1-2,5-10H3,(H,37,44)(H,38,43)(H2,39,40,46)/t25-,26?,27+,29-/m1/s1. The van der Waals surface area contributed by atoms with Crippen molar-refractivity contribution in [3.8, 4) is 12.3 Å². The summed E-state index contributed by atoms with van der Waals surface area (Å²) < 4.78 is 24.7. The fourth-order valence-electron chi connectivity index (χ4n) is 6.85. The fourth-order valence-corrected chi connectivity index (χ4v) is 8.22. The van der Waals surface area contributed by atoms with E-state index in [2.05, 4.69) is 33.8 Å². The second-order valence-corrected chi connectivity index (χ2v) is 17.7. The maximum absolute atomic E-state index is 14.5. The van der Waals surface area contributed by atoms with Gasteiger partial charge in [-0.05, 0) is 43.4 Å². The van der Waals surface area contributed by atoms with E-state index in [9.17, 15) is 32.4 Å². The number of nitrogens with zero attached hydrogens (tertiary/aromatic N) is 1. The number of terminal acetylenes is 1. The Morgan fingerprint density at radius 3 is 2.12 bits per heavy atom. The van der Waals surface area contributed by atoms with Crippen LogP contribution in [0.2, 0.25) is 0 Å². The van der Waals surface area contributed by atoms with E-state index in [1.807, 2.05) is 27.7 Å². The monoisotopic (exact) mass is 705 g/mol. The first-order chi connectivity index (χ1) is 22.6. The summed E-state index contributed by atoms with van der Waals surface area (Å²) >= 11 is 0. The second-order valence-electron chi connectivity index (χ2n) is 15.6. The van der Waals surface area contributed by atoms with Crippen molar-refractivity contribution in [3.63, 3.8) is 0 Å². The summed E-state index contributed by atoms with van der Waals surface area (Å²) in [6, 6.07) is -3.88. The van der Waals surface area contributed by atoms with Gasteiger partial charge >= 0.3 is 6.03 Å². The van der Waals surface area contributed by atoms with Gasteiger partial charge in [0.05, 0.1) is 17.3 Å². The number of hydrogen-bond acceptors (Lipinski definition) is 7. The lowest BCUT2D eigenvalue weighted by atomic mass is 9.72. The Bertz CT molecular complexity index is 1400. The van der Waals surface area contributed by atoms with Gasteiger partial charge in [-0.3, -0.25) is 19.2 Å². The highest BCUT2D eigenvalue weighted by molar-refractivity contribution is 7.90. The summed E-state index contributed by atoms with van der Waals surface area (Å²) in [5.74, 6) is -0.528. The molecule has 49 heavy (non-hydrogen) atoms. The van der Waals surface area contributed by atoms with Gasteiger partial charge in [0, 0.05) is 30.3 Å². The van der Waals surface area contributed by atoms with Crippen LogP contribution in [0.3, 0.4) is 0 Å². The minimum atomic E-state index is -3.42. The highest BCUT2D eigenvalue weighted by atomic mass is 32.2. The number of urea groups is 1. The van der Waals surface area contributed by atoms with Crippen molar-refractivity contribution in [2.24, 2.45) is 16.7 Å². The van der Waals surface area contributed by atoms with E-state index in [-0.39, 0.29) is 31.1 Å². The molecule has 0 aromatic heterocycles. The van der Waals surface area contributed by atoms with Crippen LogP contribution in [0.4, 0.5) is 4.79 Å². The van der Waals surface area contributed by atoms with Crippen molar-refractivity contribution in [1.29, 1.82) is 0 Å². The Morgan fingerprint density at radius 2 is 1.61 bits per heavy atom. The fraction of sp³-hybridized carbons (Fsp3) is 0.750. The summed E-state index contributed by atoms with van der Waals surface area (Å²) in [4.78, 5) is 69.2. The quantitative estimate of drug-likeness (QED) is 0.150. The first-order valence-corrected chi connectivity index (χ1v) is 19.5. The second kappa shape index (κ2) is 17.0. The van der Waals surface area contributed by atoms with E-state index in [0.717, 1.165) is 25.5 Å². The zero-order chi connectivity index (χ0) is 37.4. The normalized spacial score (nSPS) is 20.7. The summed E-state index contributed by atoms with van der Waals surface area (Å²) in [7, 11) is -3.42. The van der Waals surface area contributed by atoms with Crippen LogP contribution in [0.5, 0.6) is 0 Å². The molecule has 2 rings (SSSR count). The molecule has 0 aromatic rings. The van der Waals surface area contributed by atoms with Crippen LogP contribution < -0.4 is 21.3 Å². The van der Waals surface area contributed by atoms with E-state index in [0.29, 0.717) is 37.8 Å². The van der Waals surface area contributed by atoms with Crippen LogP contribution in [0.15, 0.2) is 12.2 Å². The number of carbonyl (C=O) groups is 5. The molecule has 0 bridgehead atoms. The lowest BCUT2D eigenvalue weighted by molar-refractivity contribution is -0.143. The Morgan fingerprint density at radius 1 is 1.00 bits per heavy atom. The number of allylic oxidation sites excluding steroid dienone is 1. The molecule has 1 saturated carbocycles. The molecule has 0 spiro atoms. The van der Waals surface area contributed by atoms with E-state index in [1.54, 1.807) is 20.8 Å². The number of rotatable bonds is 15. The average Bonchev–Trinajstić information content (AvgIpc) is 3.47. The molecule has 1 unspecified atom stereocenters. The van der Waals surface area contributed by atoms with Gasteiger partial charge in [-0.15, -0.1) is 6.42 Å². The van der Waals surface area contributed by atoms with E-state index in [4.69, 9.17) is 6.42 Å². The predicted octanol–water partition coefficient (Wildman–Crippen LogP) is 3.26. The SMILES string of the molecule is C#CC(=C)C(C)(C)[C@@H]1C[C@@H](C(=O)NC(CCC)C(=O)C(=O)NCCC)N(C(=O)[C@@H](NC(=O)NC2(CS(C)(=O)=O)CCCCC2)C(C)(C)C)C1. The topological polar surface area (TPSA) is 171 Å². The number of likely N-dealkylation sites (tertiary alicyclic amines) is 1. The highest BCUT2D eigenvalue weighted by Crippen LogP contribution is 2.42. The molecular weight excluding hydrogens is 646 g/mol. The van der Waals surface area contributed by atoms with Crippen molar-refractivity contribution in [2.75, 3.05) is 25.1 Å². The summed E-state index contributed by atoms with van der Waals surface area (Å²) in [6.45, 7) is 17.4. The molecule has 1 heterocycles. The van der Waals surface area contributed by atoms with Crippen LogP contribution in [0, 0.1) is 29.1 Å². The smallest absolute Gasteiger partial charge is 0.315 e. The van der Waals surface area contributed by atoms with Gasteiger partial charge in [-0.2, -0.15) is 0 Å². The molecule has 4 atom stereocenters. The van der Waals surface area contributed by atoms with E-state index in [1.165, 1.54) is 4.90 Å². The largest absolute Gasteiger partial charge is 0.349 e. The van der Waals surface area contributed by atoms with Gasteiger partial charge < -0.3 is 26.2 Å². The van der Waals surface area contributed by atoms with E-state index >= 15 is 0 Å². The molecule has 13 heteroatoms. The molecule has 0 radical (unpaired) electrons. The van der Waals surface area contributed by atoms with E-state index < -0.39 is 73.9 Å². The molecule has 1 aliphatic heterocycles. The van der Waals surface area contributed by atoms with Crippen LogP contribution in [0.25, 0.3) is 0 Å². The number of nitrogens with one attached hydrogen (secondary N) is 4. The molecule has 1 aliphatic carbocycles. The van der Waals surface area contributed by atoms with Gasteiger partial charge in [-0.25, -0.2) is 13.2 Å². The number of carbonyl (C=O) groups excluding carboxylic acids is 5. The van der Waals surface area contributed by atoms with Crippen molar-refractivity contribution < 1.29 is 32.4 Å². The Balaban J connectivity index is 2.46. The molecule has 276 valence electrons. The van der Waals surface area contributed by atoms with Gasteiger partial charge in [0.15, 0.2) is 0 Å².